The van der Waals surface area contributed by atoms with Crippen LogP contribution in [0.1, 0.15) is 32.1 Å². The van der Waals surface area contributed by atoms with Crippen LogP contribution in [0, 0.1) is 0 Å². The highest BCUT2D eigenvalue weighted by Crippen LogP contribution is 2.42. The highest BCUT2D eigenvalue weighted by Gasteiger charge is 2.47. The van der Waals surface area contributed by atoms with E-state index in [1.807, 2.05) is 0 Å². The molecule has 4 nitrogen and oxygen atoms in total. The predicted molar refractivity (Wildman–Crippen MR) is 47.5 cm³/mol. The second kappa shape index (κ2) is 4.69. The Morgan fingerprint density at radius 2 is 2.00 bits per heavy atom. The molecule has 0 aromatic carbocycles. The Kier molecular flexibility index (Phi) is 4.04. The summed E-state index contributed by atoms with van der Waals surface area (Å²) in [6.07, 6.45) is -8.88. The van der Waals surface area contributed by atoms with Gasteiger partial charge in [0.2, 0.25) is 10.4 Å². The summed E-state index contributed by atoms with van der Waals surface area (Å²) in [6, 6.07) is 0. The lowest BCUT2D eigenvalue weighted by atomic mass is 9.81. The Hall–Kier alpha value is -0.410. The fraction of sp³-hybridized carbons (Fsp3) is 1.00. The summed E-state index contributed by atoms with van der Waals surface area (Å²) < 4.78 is 85.2. The molecular weight excluding hydrogens is 268 g/mol. The van der Waals surface area contributed by atoms with Crippen LogP contribution in [0.3, 0.4) is 0 Å². The van der Waals surface area contributed by atoms with Crippen LogP contribution in [0.2, 0.25) is 0 Å². The van der Waals surface area contributed by atoms with E-state index in [2.05, 4.69) is 4.18 Å². The van der Waals surface area contributed by atoms with Gasteiger partial charge < -0.3 is 4.55 Å². The van der Waals surface area contributed by atoms with Gasteiger partial charge in [0.05, 0.1) is 12.0 Å². The number of hydrogen-bond donors (Lipinski definition) is 0. The van der Waals surface area contributed by atoms with Gasteiger partial charge in [-0.15, -0.1) is 0 Å². The molecule has 17 heavy (non-hydrogen) atoms. The van der Waals surface area contributed by atoms with Crippen molar-refractivity contribution in [3.8, 4) is 0 Å². The van der Waals surface area contributed by atoms with Gasteiger partial charge in [0.1, 0.15) is 6.17 Å². The van der Waals surface area contributed by atoms with Crippen molar-refractivity contribution in [3.63, 3.8) is 0 Å². The van der Waals surface area contributed by atoms with Crippen LogP contribution in [0.25, 0.3) is 0 Å². The van der Waals surface area contributed by atoms with E-state index < -0.39 is 41.2 Å². The Morgan fingerprint density at radius 3 is 2.41 bits per heavy atom. The second-order valence-corrected chi connectivity index (χ2v) is 5.14. The van der Waals surface area contributed by atoms with Crippen molar-refractivity contribution in [2.24, 2.45) is 0 Å². The zero-order valence-electron chi connectivity index (χ0n) is 8.67. The Morgan fingerprint density at radius 1 is 1.41 bits per heavy atom. The van der Waals surface area contributed by atoms with Gasteiger partial charge in [0.15, 0.2) is 0 Å². The minimum absolute atomic E-state index is 0.0435. The Balaban J connectivity index is 2.91. The zero-order chi connectivity index (χ0) is 13.3. The first-order valence-electron chi connectivity index (χ1n) is 4.89. The molecule has 1 aliphatic rings. The van der Waals surface area contributed by atoms with Crippen LogP contribution in [0.5, 0.6) is 0 Å². The maximum absolute atomic E-state index is 13.1. The molecule has 1 fully saturated rings. The molecule has 0 N–H and O–H groups in total. The summed E-state index contributed by atoms with van der Waals surface area (Å²) in [6.45, 7) is 0. The maximum atomic E-state index is 13.1. The van der Waals surface area contributed by atoms with Gasteiger partial charge in [0.25, 0.3) is 0 Å². The van der Waals surface area contributed by atoms with Gasteiger partial charge in [0, 0.05) is 6.42 Å². The summed E-state index contributed by atoms with van der Waals surface area (Å²) in [5.74, 6) is 0. The number of hydrogen-bond acceptors (Lipinski definition) is 4. The zero-order valence-corrected chi connectivity index (χ0v) is 9.48. The molecule has 0 aliphatic heterocycles. The average molecular weight is 279 g/mol. The van der Waals surface area contributed by atoms with Crippen LogP contribution < -0.4 is 0 Å². The van der Waals surface area contributed by atoms with Crippen LogP contribution in [0.4, 0.5) is 17.6 Å². The van der Waals surface area contributed by atoms with Crippen LogP contribution in [-0.4, -0.2) is 30.9 Å². The maximum Gasteiger partial charge on any atom is 0.391 e. The van der Waals surface area contributed by atoms with Crippen LogP contribution in [0.15, 0.2) is 0 Å². The summed E-state index contributed by atoms with van der Waals surface area (Å²) in [5, 5.41) is 0. The normalized spacial score (nSPS) is 31.5. The van der Waals surface area contributed by atoms with E-state index in [0.717, 1.165) is 0 Å². The summed E-state index contributed by atoms with van der Waals surface area (Å²) >= 11 is 0. The minimum Gasteiger partial charge on any atom is -0.726 e. The average Bonchev–Trinajstić information content (AvgIpc) is 1.94. The van der Waals surface area contributed by atoms with Crippen molar-refractivity contribution in [1.29, 1.82) is 0 Å². The molecule has 2 atom stereocenters. The molecule has 0 heterocycles. The van der Waals surface area contributed by atoms with Gasteiger partial charge in [-0.1, -0.05) is 0 Å². The molecule has 0 bridgehead atoms. The van der Waals surface area contributed by atoms with E-state index in [1.54, 1.807) is 0 Å². The van der Waals surface area contributed by atoms with E-state index in [-0.39, 0.29) is 19.3 Å². The second-order valence-electron chi connectivity index (χ2n) is 4.16. The van der Waals surface area contributed by atoms with E-state index in [1.165, 1.54) is 0 Å². The van der Waals surface area contributed by atoms with Gasteiger partial charge >= 0.3 is 6.18 Å². The van der Waals surface area contributed by atoms with E-state index in [0.29, 0.717) is 0 Å². The van der Waals surface area contributed by atoms with E-state index >= 15 is 0 Å². The fourth-order valence-corrected chi connectivity index (χ4v) is 2.74. The molecule has 0 aromatic rings. The third-order valence-corrected chi connectivity index (χ3v) is 3.10. The van der Waals surface area contributed by atoms with Crippen LogP contribution >= 0.6 is 0 Å². The molecule has 1 aliphatic carbocycles. The highest BCUT2D eigenvalue weighted by molar-refractivity contribution is 7.80. The standard InChI is InChI=1S/C8H12F4O4S/c9-6-2-1-3-7(4-6,5-8(10,11)12)16-17(13,14)15/h6H,1-5H2,(H,13,14,15)/p-1. The van der Waals surface area contributed by atoms with Gasteiger partial charge in [-0.25, -0.2) is 12.8 Å². The molecule has 1 saturated carbocycles. The van der Waals surface area contributed by atoms with Crippen molar-refractivity contribution < 1.29 is 34.7 Å². The smallest absolute Gasteiger partial charge is 0.391 e. The van der Waals surface area contributed by atoms with Crippen molar-refractivity contribution in [2.45, 2.75) is 50.1 Å². The number of halogens is 4. The number of rotatable bonds is 3. The molecule has 0 radical (unpaired) electrons. The minimum atomic E-state index is -5.29. The lowest BCUT2D eigenvalue weighted by Gasteiger charge is -2.38. The third kappa shape index (κ3) is 5.17. The van der Waals surface area contributed by atoms with Crippen molar-refractivity contribution in [3.05, 3.63) is 0 Å². The molecule has 9 heteroatoms. The Bertz CT molecular complexity index is 366. The lowest BCUT2D eigenvalue weighted by Crippen LogP contribution is -2.44. The lowest BCUT2D eigenvalue weighted by molar-refractivity contribution is -0.179. The van der Waals surface area contributed by atoms with Gasteiger partial charge in [-0.2, -0.15) is 13.2 Å². The topological polar surface area (TPSA) is 66.4 Å². The number of alkyl halides is 4. The predicted octanol–water partition coefficient (Wildman–Crippen LogP) is 2.07. The monoisotopic (exact) mass is 279 g/mol. The summed E-state index contributed by atoms with van der Waals surface area (Å²) in [4.78, 5) is 0. The molecule has 0 aromatic heterocycles. The van der Waals surface area contributed by atoms with Crippen molar-refractivity contribution in [2.75, 3.05) is 0 Å². The molecular formula is C8H11F4O4S-. The first-order chi connectivity index (χ1) is 7.52. The van der Waals surface area contributed by atoms with Crippen molar-refractivity contribution in [1.82, 2.24) is 0 Å². The molecule has 0 amide bonds. The molecule has 1 rings (SSSR count). The largest absolute Gasteiger partial charge is 0.726 e. The summed E-state index contributed by atoms with van der Waals surface area (Å²) in [5.41, 5.74) is -2.28. The SMILES string of the molecule is O=S(=O)([O-])OC1(CC(F)(F)F)CCCC(F)C1. The fourth-order valence-electron chi connectivity index (χ4n) is 2.10. The molecule has 102 valence electrons. The molecule has 0 saturated heterocycles. The van der Waals surface area contributed by atoms with E-state index in [4.69, 9.17) is 0 Å². The first-order valence-corrected chi connectivity index (χ1v) is 6.22. The van der Waals surface area contributed by atoms with Gasteiger partial charge in [-0.05, 0) is 19.3 Å². The highest BCUT2D eigenvalue weighted by atomic mass is 32.3. The summed E-state index contributed by atoms with van der Waals surface area (Å²) in [7, 11) is -5.29. The third-order valence-electron chi connectivity index (χ3n) is 2.54. The quantitative estimate of drug-likeness (QED) is 0.450. The first kappa shape index (κ1) is 14.7. The molecule has 0 spiro atoms. The molecule has 2 unspecified atom stereocenters. The van der Waals surface area contributed by atoms with Gasteiger partial charge in [-0.3, -0.25) is 4.18 Å². The van der Waals surface area contributed by atoms with E-state index in [9.17, 15) is 30.5 Å². The van der Waals surface area contributed by atoms with Crippen LogP contribution in [-0.2, 0) is 14.6 Å². The van der Waals surface area contributed by atoms with Crippen molar-refractivity contribution >= 4 is 10.4 Å². The Labute approximate surface area is 95.9 Å².